The maximum absolute atomic E-state index is 12.1. The van der Waals surface area contributed by atoms with E-state index in [9.17, 15) is 4.79 Å². The number of benzene rings is 1. The molecule has 1 heterocycles. The van der Waals surface area contributed by atoms with Crippen LogP contribution in [-0.4, -0.2) is 42.1 Å². The average Bonchev–Trinajstić information content (AvgIpc) is 2.76. The largest absolute Gasteiger partial charge is 0.491 e. The summed E-state index contributed by atoms with van der Waals surface area (Å²) in [5.74, 6) is 0.942. The van der Waals surface area contributed by atoms with E-state index in [2.05, 4.69) is 38.3 Å². The Bertz CT molecular complexity index is 587. The fourth-order valence-electron chi connectivity index (χ4n) is 3.39. The lowest BCUT2D eigenvalue weighted by Gasteiger charge is -2.27. The summed E-state index contributed by atoms with van der Waals surface area (Å²) in [6, 6.07) is 7.26. The number of carbonyl (C=O) groups excluding carboxylic acids is 1. The third-order valence-corrected chi connectivity index (χ3v) is 4.53. The molecule has 3 N–H and O–H groups in total. The molecule has 0 bridgehead atoms. The van der Waals surface area contributed by atoms with E-state index in [-0.39, 0.29) is 36.4 Å². The van der Waals surface area contributed by atoms with Gasteiger partial charge in [0.05, 0.1) is 17.8 Å². The first-order valence-corrected chi connectivity index (χ1v) is 8.77. The van der Waals surface area contributed by atoms with Gasteiger partial charge >= 0.3 is 6.03 Å². The van der Waals surface area contributed by atoms with Gasteiger partial charge in [-0.25, -0.2) is 4.79 Å². The molecule has 1 unspecified atom stereocenters. The number of carbonyl (C=O) groups is 1. The predicted octanol–water partition coefficient (Wildman–Crippen LogP) is 2.45. The molecule has 1 fully saturated rings. The molecule has 1 atom stereocenters. The van der Waals surface area contributed by atoms with E-state index < -0.39 is 0 Å². The smallest absolute Gasteiger partial charge is 0.315 e. The monoisotopic (exact) mass is 350 g/mol. The number of para-hydroxylation sites is 1. The van der Waals surface area contributed by atoms with Gasteiger partial charge in [0.2, 0.25) is 0 Å². The zero-order valence-electron chi connectivity index (χ0n) is 15.6. The molecule has 6 nitrogen and oxygen atoms in total. The van der Waals surface area contributed by atoms with Crippen molar-refractivity contribution in [3.63, 3.8) is 0 Å². The van der Waals surface area contributed by atoms with E-state index in [1.807, 2.05) is 24.3 Å². The van der Waals surface area contributed by atoms with E-state index in [1.165, 1.54) is 0 Å². The fourth-order valence-corrected chi connectivity index (χ4v) is 3.39. The van der Waals surface area contributed by atoms with Gasteiger partial charge in [-0.05, 0) is 40.2 Å². The van der Waals surface area contributed by atoms with Gasteiger partial charge in [-0.3, -0.25) is 0 Å². The van der Waals surface area contributed by atoms with Crippen molar-refractivity contribution < 1.29 is 19.4 Å². The molecular formula is C19H30N2O4. The summed E-state index contributed by atoms with van der Waals surface area (Å²) in [5, 5.41) is 14.7. The van der Waals surface area contributed by atoms with Crippen molar-refractivity contribution in [1.29, 1.82) is 0 Å². The number of aliphatic hydroxyl groups excluding tert-OH is 1. The number of urea groups is 1. The predicted molar refractivity (Wildman–Crippen MR) is 96.6 cm³/mol. The minimum Gasteiger partial charge on any atom is -0.491 e. The Morgan fingerprint density at radius 1 is 1.28 bits per heavy atom. The summed E-state index contributed by atoms with van der Waals surface area (Å²) in [6.45, 7) is 9.43. The first-order valence-electron chi connectivity index (χ1n) is 8.77. The van der Waals surface area contributed by atoms with Gasteiger partial charge in [0.25, 0.3) is 0 Å². The van der Waals surface area contributed by atoms with Crippen LogP contribution in [0.5, 0.6) is 5.75 Å². The zero-order valence-corrected chi connectivity index (χ0v) is 15.6. The molecule has 2 rings (SSSR count). The Kier molecular flexibility index (Phi) is 6.30. The van der Waals surface area contributed by atoms with Gasteiger partial charge in [-0.15, -0.1) is 0 Å². The lowest BCUT2D eigenvalue weighted by atomic mass is 9.87. The van der Waals surface area contributed by atoms with Crippen molar-refractivity contribution in [2.45, 2.75) is 51.9 Å². The molecule has 1 aromatic rings. The fraction of sp³-hybridized carbons (Fsp3) is 0.632. The van der Waals surface area contributed by atoms with Crippen LogP contribution in [0.3, 0.4) is 0 Å². The van der Waals surface area contributed by atoms with E-state index >= 15 is 0 Å². The van der Waals surface area contributed by atoms with Gasteiger partial charge < -0.3 is 25.2 Å². The number of rotatable bonds is 7. The number of hydrogen-bond donors (Lipinski definition) is 3. The third kappa shape index (κ3) is 5.61. The minimum absolute atomic E-state index is 0.0438. The van der Waals surface area contributed by atoms with Crippen molar-refractivity contribution in [3.05, 3.63) is 29.8 Å². The van der Waals surface area contributed by atoms with Crippen LogP contribution in [0.4, 0.5) is 4.79 Å². The molecule has 0 spiro atoms. The van der Waals surface area contributed by atoms with Crippen molar-refractivity contribution in [1.82, 2.24) is 10.6 Å². The van der Waals surface area contributed by atoms with Crippen molar-refractivity contribution in [2.24, 2.45) is 5.92 Å². The molecule has 1 aliphatic rings. The lowest BCUT2D eigenvalue weighted by molar-refractivity contribution is -0.0740. The van der Waals surface area contributed by atoms with Crippen molar-refractivity contribution in [3.8, 4) is 5.75 Å². The molecule has 6 heteroatoms. The van der Waals surface area contributed by atoms with E-state index in [0.29, 0.717) is 18.8 Å². The quantitative estimate of drug-likeness (QED) is 0.706. The average molecular weight is 350 g/mol. The van der Waals surface area contributed by atoms with E-state index in [0.717, 1.165) is 12.0 Å². The molecule has 140 valence electrons. The Morgan fingerprint density at radius 2 is 2.00 bits per heavy atom. The van der Waals surface area contributed by atoms with Crippen LogP contribution in [0.2, 0.25) is 0 Å². The molecule has 1 aromatic carbocycles. The SMILES string of the molecule is CC1(C)CC(CNC(=O)NCc2ccccc2OCCO)C(C)(C)O1. The Morgan fingerprint density at radius 3 is 2.64 bits per heavy atom. The molecule has 2 amide bonds. The van der Waals surface area contributed by atoms with Crippen LogP contribution in [0.25, 0.3) is 0 Å². The zero-order chi connectivity index (χ0) is 18.5. The van der Waals surface area contributed by atoms with E-state index in [1.54, 1.807) is 0 Å². The standard InChI is InChI=1S/C19H30N2O4/c1-18(2)11-15(19(3,4)25-18)13-21-17(23)20-12-14-7-5-6-8-16(14)24-10-9-22/h5-8,15,22H,9-13H2,1-4H3,(H2,20,21,23). The van der Waals surface area contributed by atoms with Gasteiger partial charge in [0, 0.05) is 24.6 Å². The molecule has 0 aliphatic carbocycles. The lowest BCUT2D eigenvalue weighted by Crippen LogP contribution is -2.42. The number of amides is 2. The van der Waals surface area contributed by atoms with Crippen LogP contribution in [0, 0.1) is 5.92 Å². The van der Waals surface area contributed by atoms with Crippen molar-refractivity contribution >= 4 is 6.03 Å². The van der Waals surface area contributed by atoms with Gasteiger partial charge in [0.1, 0.15) is 12.4 Å². The summed E-state index contributed by atoms with van der Waals surface area (Å²) in [5.41, 5.74) is 0.466. The molecular weight excluding hydrogens is 320 g/mol. The van der Waals surface area contributed by atoms with Crippen LogP contribution >= 0.6 is 0 Å². The molecule has 0 radical (unpaired) electrons. The third-order valence-electron chi connectivity index (χ3n) is 4.53. The Labute approximate surface area is 149 Å². The van der Waals surface area contributed by atoms with Crippen LogP contribution in [0.15, 0.2) is 24.3 Å². The summed E-state index contributed by atoms with van der Waals surface area (Å²) < 4.78 is 11.5. The molecule has 1 aliphatic heterocycles. The van der Waals surface area contributed by atoms with Gasteiger partial charge in [-0.2, -0.15) is 0 Å². The maximum Gasteiger partial charge on any atom is 0.315 e. The minimum atomic E-state index is -0.248. The summed E-state index contributed by atoms with van der Waals surface area (Å²) in [4.78, 5) is 12.1. The number of aliphatic hydroxyl groups is 1. The highest BCUT2D eigenvalue weighted by Crippen LogP contribution is 2.41. The molecule has 1 saturated heterocycles. The molecule has 25 heavy (non-hydrogen) atoms. The number of ether oxygens (including phenoxy) is 2. The van der Waals surface area contributed by atoms with Crippen LogP contribution < -0.4 is 15.4 Å². The van der Waals surface area contributed by atoms with Crippen LogP contribution in [0.1, 0.15) is 39.7 Å². The first kappa shape index (κ1) is 19.5. The Hall–Kier alpha value is -1.79. The maximum atomic E-state index is 12.1. The summed E-state index contributed by atoms with van der Waals surface area (Å²) >= 11 is 0. The highest BCUT2D eigenvalue weighted by molar-refractivity contribution is 5.73. The highest BCUT2D eigenvalue weighted by atomic mass is 16.5. The second-order valence-corrected chi connectivity index (χ2v) is 7.61. The molecule has 0 saturated carbocycles. The second-order valence-electron chi connectivity index (χ2n) is 7.61. The summed E-state index contributed by atoms with van der Waals surface area (Å²) in [7, 11) is 0. The normalized spacial score (nSPS) is 20.9. The van der Waals surface area contributed by atoms with Crippen LogP contribution in [-0.2, 0) is 11.3 Å². The van der Waals surface area contributed by atoms with E-state index in [4.69, 9.17) is 14.6 Å². The highest BCUT2D eigenvalue weighted by Gasteiger charge is 2.45. The molecule has 0 aromatic heterocycles. The van der Waals surface area contributed by atoms with Gasteiger partial charge in [-0.1, -0.05) is 18.2 Å². The first-order chi connectivity index (χ1) is 11.7. The topological polar surface area (TPSA) is 79.8 Å². The number of nitrogens with one attached hydrogen (secondary N) is 2. The summed E-state index contributed by atoms with van der Waals surface area (Å²) in [6.07, 6.45) is 0.915. The Balaban J connectivity index is 1.82. The van der Waals surface area contributed by atoms with Gasteiger partial charge in [0.15, 0.2) is 0 Å². The second kappa shape index (κ2) is 8.06. The van der Waals surface area contributed by atoms with Crippen molar-refractivity contribution in [2.75, 3.05) is 19.8 Å². The number of hydrogen-bond acceptors (Lipinski definition) is 4.